The minimum Gasteiger partial charge on any atom is -0.461 e. The summed E-state index contributed by atoms with van der Waals surface area (Å²) >= 11 is 5.99. The van der Waals surface area contributed by atoms with Crippen LogP contribution < -0.4 is 0 Å². The minimum atomic E-state index is -3.83. The van der Waals surface area contributed by atoms with Crippen LogP contribution in [-0.4, -0.2) is 17.6 Å². The Hall–Kier alpha value is -2.27. The third-order valence-electron chi connectivity index (χ3n) is 3.49. The lowest BCUT2D eigenvalue weighted by atomic mass is 10.0. The van der Waals surface area contributed by atoms with Crippen molar-refractivity contribution < 1.29 is 18.3 Å². The van der Waals surface area contributed by atoms with E-state index in [2.05, 4.69) is 9.72 Å². The number of benzene rings is 2. The maximum Gasteiger partial charge on any atom is 0.385 e. The summed E-state index contributed by atoms with van der Waals surface area (Å²) in [5.74, 6) is -5.44. The molecule has 0 aliphatic heterocycles. The Labute approximate surface area is 135 Å². The van der Waals surface area contributed by atoms with Crippen LogP contribution in [0.15, 0.2) is 42.5 Å². The Balaban J connectivity index is 2.36. The summed E-state index contributed by atoms with van der Waals surface area (Å²) in [6, 6.07) is 11.3. The maximum absolute atomic E-state index is 14.5. The number of pyridine rings is 1. The number of halogens is 3. The van der Waals surface area contributed by atoms with Gasteiger partial charge >= 0.3 is 11.9 Å². The van der Waals surface area contributed by atoms with E-state index in [1.54, 1.807) is 36.4 Å². The lowest BCUT2D eigenvalue weighted by Crippen LogP contribution is -2.29. The second-order valence-corrected chi connectivity index (χ2v) is 5.40. The van der Waals surface area contributed by atoms with Gasteiger partial charge in [-0.05, 0) is 30.5 Å². The first kappa shape index (κ1) is 15.6. The quantitative estimate of drug-likeness (QED) is 0.514. The average molecular weight is 336 g/mol. The van der Waals surface area contributed by atoms with Gasteiger partial charge in [-0.1, -0.05) is 35.9 Å². The first-order valence-electron chi connectivity index (χ1n) is 6.98. The molecule has 0 fully saturated rings. The van der Waals surface area contributed by atoms with Crippen molar-refractivity contribution in [1.29, 1.82) is 0 Å². The van der Waals surface area contributed by atoms with E-state index in [9.17, 15) is 13.6 Å². The maximum atomic E-state index is 14.5. The zero-order valence-electron chi connectivity index (χ0n) is 12.1. The number of alkyl halides is 2. The van der Waals surface area contributed by atoms with E-state index in [1.807, 2.05) is 0 Å². The number of esters is 1. The van der Waals surface area contributed by atoms with Crippen LogP contribution in [-0.2, 0) is 15.5 Å². The first-order chi connectivity index (χ1) is 10.9. The van der Waals surface area contributed by atoms with Crippen molar-refractivity contribution in [2.45, 2.75) is 12.8 Å². The van der Waals surface area contributed by atoms with Gasteiger partial charge in [0, 0.05) is 15.8 Å². The molecule has 6 heteroatoms. The molecular formula is C17H12ClF2NO2. The van der Waals surface area contributed by atoms with Crippen LogP contribution in [0.4, 0.5) is 8.78 Å². The average Bonchev–Trinajstić information content (AvgIpc) is 2.54. The van der Waals surface area contributed by atoms with E-state index in [0.29, 0.717) is 21.3 Å². The second kappa shape index (κ2) is 5.74. The largest absolute Gasteiger partial charge is 0.461 e. The topological polar surface area (TPSA) is 39.2 Å². The monoisotopic (exact) mass is 335 g/mol. The van der Waals surface area contributed by atoms with Gasteiger partial charge in [0.15, 0.2) is 0 Å². The number of ether oxygens (including phenoxy) is 1. The molecule has 3 nitrogen and oxygen atoms in total. The Morgan fingerprint density at radius 1 is 1.17 bits per heavy atom. The molecule has 1 aromatic heterocycles. The molecule has 0 aliphatic carbocycles. The summed E-state index contributed by atoms with van der Waals surface area (Å²) in [6.07, 6.45) is 0. The molecule has 0 saturated heterocycles. The van der Waals surface area contributed by atoms with Gasteiger partial charge in [0.1, 0.15) is 5.69 Å². The summed E-state index contributed by atoms with van der Waals surface area (Å²) in [5, 5.41) is 1.88. The van der Waals surface area contributed by atoms with E-state index in [0.717, 1.165) is 0 Å². The summed E-state index contributed by atoms with van der Waals surface area (Å²) < 4.78 is 33.5. The number of carbonyl (C=O) groups excluding carboxylic acids is 1. The summed E-state index contributed by atoms with van der Waals surface area (Å²) in [6.45, 7) is 1.34. The van der Waals surface area contributed by atoms with Gasteiger partial charge in [0.25, 0.3) is 0 Å². The highest BCUT2D eigenvalue weighted by Gasteiger charge is 2.45. The summed E-state index contributed by atoms with van der Waals surface area (Å²) in [4.78, 5) is 15.7. The molecule has 0 unspecified atom stereocenters. The lowest BCUT2D eigenvalue weighted by Gasteiger charge is -2.17. The zero-order chi connectivity index (χ0) is 16.6. The third-order valence-corrected chi connectivity index (χ3v) is 3.73. The van der Waals surface area contributed by atoms with Crippen molar-refractivity contribution in [2.24, 2.45) is 0 Å². The molecule has 3 aromatic rings. The molecule has 2 aromatic carbocycles. The number of hydrogen-bond acceptors (Lipinski definition) is 3. The molecule has 0 saturated carbocycles. The van der Waals surface area contributed by atoms with Crippen LogP contribution >= 0.6 is 11.6 Å². The third kappa shape index (κ3) is 2.61. The van der Waals surface area contributed by atoms with Crippen molar-refractivity contribution in [1.82, 2.24) is 4.98 Å². The molecular weight excluding hydrogens is 324 g/mol. The molecule has 0 radical (unpaired) electrons. The van der Waals surface area contributed by atoms with Crippen molar-refractivity contribution in [3.63, 3.8) is 0 Å². The van der Waals surface area contributed by atoms with Crippen molar-refractivity contribution in [3.8, 4) is 0 Å². The summed E-state index contributed by atoms with van der Waals surface area (Å²) in [7, 11) is 0. The van der Waals surface area contributed by atoms with Crippen LogP contribution in [0.25, 0.3) is 21.7 Å². The molecule has 0 aliphatic rings. The predicted molar refractivity (Wildman–Crippen MR) is 84.8 cm³/mol. The molecule has 0 spiro atoms. The molecule has 1 heterocycles. The van der Waals surface area contributed by atoms with Crippen molar-refractivity contribution in [3.05, 3.63) is 53.2 Å². The van der Waals surface area contributed by atoms with Crippen molar-refractivity contribution >= 4 is 39.2 Å². The predicted octanol–water partition coefficient (Wildman–Crippen LogP) is 4.70. The van der Waals surface area contributed by atoms with E-state index < -0.39 is 17.6 Å². The molecule has 118 valence electrons. The van der Waals surface area contributed by atoms with E-state index >= 15 is 0 Å². The molecule has 3 rings (SSSR count). The first-order valence-corrected chi connectivity index (χ1v) is 7.36. The molecule has 0 bridgehead atoms. The second-order valence-electron chi connectivity index (χ2n) is 4.96. The SMILES string of the molecule is CCOC(=O)C(F)(F)c1nc2ccc(Cl)cc2c2ccccc12. The standard InChI is InChI=1S/C17H12ClF2NO2/c1-2-23-16(22)17(19,20)15-12-6-4-3-5-11(12)13-9-10(18)7-8-14(13)21-15/h3-9H,2H2,1H3. The van der Waals surface area contributed by atoms with Gasteiger partial charge in [-0.15, -0.1) is 0 Å². The van der Waals surface area contributed by atoms with Crippen LogP contribution in [0, 0.1) is 0 Å². The van der Waals surface area contributed by atoms with E-state index in [1.165, 1.54) is 13.0 Å². The number of rotatable bonds is 3. The van der Waals surface area contributed by atoms with Crippen LogP contribution in [0.5, 0.6) is 0 Å². The van der Waals surface area contributed by atoms with Crippen LogP contribution in [0.1, 0.15) is 12.6 Å². The van der Waals surface area contributed by atoms with Gasteiger partial charge in [-0.3, -0.25) is 0 Å². The number of fused-ring (bicyclic) bond motifs is 3. The fraction of sp³-hybridized carbons (Fsp3) is 0.176. The van der Waals surface area contributed by atoms with Gasteiger partial charge in [0.2, 0.25) is 0 Å². The summed E-state index contributed by atoms with van der Waals surface area (Å²) in [5.41, 5.74) is -0.270. The van der Waals surface area contributed by atoms with Gasteiger partial charge < -0.3 is 4.74 Å². The molecule has 0 amide bonds. The van der Waals surface area contributed by atoms with Gasteiger partial charge in [0.05, 0.1) is 12.1 Å². The number of hydrogen-bond donors (Lipinski definition) is 0. The Morgan fingerprint density at radius 2 is 1.87 bits per heavy atom. The lowest BCUT2D eigenvalue weighted by molar-refractivity contribution is -0.173. The Bertz CT molecular complexity index is 912. The zero-order valence-corrected chi connectivity index (χ0v) is 12.9. The smallest absolute Gasteiger partial charge is 0.385 e. The van der Waals surface area contributed by atoms with Gasteiger partial charge in [-0.2, -0.15) is 8.78 Å². The fourth-order valence-electron chi connectivity index (χ4n) is 2.48. The highest BCUT2D eigenvalue weighted by molar-refractivity contribution is 6.31. The molecule has 0 atom stereocenters. The van der Waals surface area contributed by atoms with Crippen LogP contribution in [0.3, 0.4) is 0 Å². The number of carbonyl (C=O) groups is 1. The van der Waals surface area contributed by atoms with E-state index in [-0.39, 0.29) is 12.0 Å². The highest BCUT2D eigenvalue weighted by Crippen LogP contribution is 2.37. The molecule has 0 N–H and O–H groups in total. The van der Waals surface area contributed by atoms with Crippen LogP contribution in [0.2, 0.25) is 5.02 Å². The molecule has 23 heavy (non-hydrogen) atoms. The Kier molecular flexibility index (Phi) is 3.90. The minimum absolute atomic E-state index is 0.129. The van der Waals surface area contributed by atoms with E-state index in [4.69, 9.17) is 11.6 Å². The van der Waals surface area contributed by atoms with Gasteiger partial charge in [-0.25, -0.2) is 9.78 Å². The fourth-order valence-corrected chi connectivity index (χ4v) is 2.66. The normalized spacial score (nSPS) is 11.8. The number of aromatic nitrogens is 1. The Morgan fingerprint density at radius 3 is 2.57 bits per heavy atom. The number of nitrogens with zero attached hydrogens (tertiary/aromatic N) is 1. The highest BCUT2D eigenvalue weighted by atomic mass is 35.5. The van der Waals surface area contributed by atoms with Crippen molar-refractivity contribution in [2.75, 3.05) is 6.61 Å².